The lowest BCUT2D eigenvalue weighted by Gasteiger charge is -2.10. The normalized spacial score (nSPS) is 10.6. The van der Waals surface area contributed by atoms with Crippen LogP contribution in [0.4, 0.5) is 0 Å². The topological polar surface area (TPSA) is 124 Å². The van der Waals surface area contributed by atoms with Crippen molar-refractivity contribution in [3.63, 3.8) is 0 Å². The third kappa shape index (κ3) is 2.90. The highest BCUT2D eigenvalue weighted by atomic mass is 16.5. The molecule has 9 heteroatoms. The first kappa shape index (κ1) is 17.2. The van der Waals surface area contributed by atoms with E-state index in [1.54, 1.807) is 13.0 Å². The third-order valence-electron chi connectivity index (χ3n) is 3.77. The number of aromatic amines is 1. The van der Waals surface area contributed by atoms with E-state index in [4.69, 9.17) is 14.2 Å². The van der Waals surface area contributed by atoms with Gasteiger partial charge >= 0.3 is 12.0 Å². The number of ether oxygens (including phenoxy) is 3. The standard InChI is InChI=1S/C17H15N3O6/c1-8-9(7-21)14-10(18-8)4-5-11(15(14)16(22)23)26-17-19-12(24-2)6-13(20-17)25-3/h4-7,18H,1-3H3,(H,22,23). The van der Waals surface area contributed by atoms with Gasteiger partial charge in [-0.2, -0.15) is 9.97 Å². The molecule has 0 spiro atoms. The first-order chi connectivity index (χ1) is 12.5. The fourth-order valence-corrected chi connectivity index (χ4v) is 2.61. The number of benzene rings is 1. The van der Waals surface area contributed by atoms with Crippen molar-refractivity contribution < 1.29 is 28.9 Å². The fraction of sp³-hybridized carbons (Fsp3) is 0.176. The molecule has 0 unspecified atom stereocenters. The zero-order valence-electron chi connectivity index (χ0n) is 14.2. The number of fused-ring (bicyclic) bond motifs is 1. The Hall–Kier alpha value is -3.62. The minimum atomic E-state index is -1.25. The van der Waals surface area contributed by atoms with Crippen molar-refractivity contribution in [3.8, 4) is 23.5 Å². The van der Waals surface area contributed by atoms with Gasteiger partial charge in [0.2, 0.25) is 11.8 Å². The number of methoxy groups -OCH3 is 2. The summed E-state index contributed by atoms with van der Waals surface area (Å²) in [6.07, 6.45) is 0.607. The third-order valence-corrected chi connectivity index (χ3v) is 3.77. The van der Waals surface area contributed by atoms with Gasteiger partial charge in [0, 0.05) is 22.2 Å². The molecule has 134 valence electrons. The molecule has 0 fully saturated rings. The Kier molecular flexibility index (Phi) is 4.44. The van der Waals surface area contributed by atoms with Crippen LogP contribution in [-0.4, -0.2) is 46.5 Å². The number of aldehydes is 1. The highest BCUT2D eigenvalue weighted by Crippen LogP contribution is 2.34. The molecule has 0 bridgehead atoms. The summed E-state index contributed by atoms with van der Waals surface area (Å²) in [5, 5.41) is 9.93. The van der Waals surface area contributed by atoms with E-state index in [9.17, 15) is 14.7 Å². The molecule has 0 aliphatic heterocycles. The van der Waals surface area contributed by atoms with Gasteiger partial charge in [0.25, 0.3) is 0 Å². The van der Waals surface area contributed by atoms with Crippen LogP contribution < -0.4 is 14.2 Å². The summed E-state index contributed by atoms with van der Waals surface area (Å²) in [5.74, 6) is -0.878. The minimum absolute atomic E-state index is 0.0117. The molecule has 2 N–H and O–H groups in total. The molecule has 0 amide bonds. The van der Waals surface area contributed by atoms with Crippen LogP contribution in [0, 0.1) is 6.92 Å². The smallest absolute Gasteiger partial charge is 0.340 e. The van der Waals surface area contributed by atoms with Crippen molar-refractivity contribution in [2.45, 2.75) is 6.92 Å². The summed E-state index contributed by atoms with van der Waals surface area (Å²) in [6, 6.07) is 4.39. The largest absolute Gasteiger partial charge is 0.481 e. The van der Waals surface area contributed by atoms with Gasteiger partial charge in [-0.3, -0.25) is 4.79 Å². The van der Waals surface area contributed by atoms with Crippen molar-refractivity contribution in [2.24, 2.45) is 0 Å². The number of carboxylic acid groups (broad SMARTS) is 1. The van der Waals surface area contributed by atoms with Crippen LogP contribution in [0.15, 0.2) is 18.2 Å². The second kappa shape index (κ2) is 6.71. The van der Waals surface area contributed by atoms with Gasteiger partial charge in [-0.15, -0.1) is 0 Å². The number of carbonyl (C=O) groups excluding carboxylic acids is 1. The van der Waals surface area contributed by atoms with Crippen LogP contribution >= 0.6 is 0 Å². The second-order valence-corrected chi connectivity index (χ2v) is 5.29. The number of nitrogens with zero attached hydrogens (tertiary/aromatic N) is 2. The summed E-state index contributed by atoms with van der Waals surface area (Å²) in [7, 11) is 2.83. The SMILES string of the molecule is COc1cc(OC)nc(Oc2ccc3[nH]c(C)c(C=O)c3c2C(=O)O)n1. The summed E-state index contributed by atoms with van der Waals surface area (Å²) < 4.78 is 15.7. The van der Waals surface area contributed by atoms with E-state index < -0.39 is 5.97 Å². The zero-order valence-corrected chi connectivity index (χ0v) is 14.2. The molecule has 3 aromatic rings. The van der Waals surface area contributed by atoms with E-state index in [1.807, 2.05) is 0 Å². The highest BCUT2D eigenvalue weighted by Gasteiger charge is 2.22. The molecule has 0 aliphatic carbocycles. The Morgan fingerprint density at radius 2 is 1.85 bits per heavy atom. The van der Waals surface area contributed by atoms with Gasteiger partial charge < -0.3 is 24.3 Å². The van der Waals surface area contributed by atoms with Crippen LogP contribution in [0.25, 0.3) is 10.9 Å². The molecule has 9 nitrogen and oxygen atoms in total. The van der Waals surface area contributed by atoms with Gasteiger partial charge in [-0.05, 0) is 19.1 Å². The number of aromatic carboxylic acids is 1. The number of rotatable bonds is 6. The Morgan fingerprint density at radius 3 is 2.38 bits per heavy atom. The first-order valence-electron chi connectivity index (χ1n) is 7.47. The van der Waals surface area contributed by atoms with Gasteiger partial charge in [-0.25, -0.2) is 4.79 Å². The molecule has 2 heterocycles. The number of carbonyl (C=O) groups is 2. The van der Waals surface area contributed by atoms with Gasteiger partial charge in [-0.1, -0.05) is 0 Å². The van der Waals surface area contributed by atoms with Crippen molar-refractivity contribution in [1.29, 1.82) is 0 Å². The molecular formula is C17H15N3O6. The lowest BCUT2D eigenvalue weighted by Crippen LogP contribution is -2.04. The van der Waals surface area contributed by atoms with E-state index in [0.717, 1.165) is 0 Å². The summed E-state index contributed by atoms with van der Waals surface area (Å²) >= 11 is 0. The number of H-pyrrole nitrogens is 1. The Labute approximate surface area is 147 Å². The van der Waals surface area contributed by atoms with Crippen molar-refractivity contribution in [2.75, 3.05) is 14.2 Å². The zero-order chi connectivity index (χ0) is 18.8. The van der Waals surface area contributed by atoms with Gasteiger partial charge in [0.15, 0.2) is 6.29 Å². The first-order valence-corrected chi connectivity index (χ1v) is 7.47. The number of aromatic nitrogens is 3. The number of nitrogens with one attached hydrogen (secondary N) is 1. The predicted octanol–water partition coefficient (Wildman–Crippen LogP) is 2.59. The molecule has 0 aliphatic rings. The number of hydrogen-bond acceptors (Lipinski definition) is 7. The maximum Gasteiger partial charge on any atom is 0.340 e. The van der Waals surface area contributed by atoms with Gasteiger partial charge in [0.05, 0.1) is 20.3 Å². The van der Waals surface area contributed by atoms with E-state index in [-0.39, 0.29) is 40.0 Å². The summed E-state index contributed by atoms with van der Waals surface area (Å²) in [5.41, 5.74) is 1.17. The van der Waals surface area contributed by atoms with E-state index in [1.165, 1.54) is 26.4 Å². The van der Waals surface area contributed by atoms with Crippen molar-refractivity contribution in [1.82, 2.24) is 15.0 Å². The van der Waals surface area contributed by atoms with E-state index in [0.29, 0.717) is 17.5 Å². The number of aryl methyl sites for hydroxylation is 1. The Balaban J connectivity index is 2.18. The molecule has 0 saturated carbocycles. The van der Waals surface area contributed by atoms with Crippen molar-refractivity contribution >= 4 is 23.2 Å². The quantitative estimate of drug-likeness (QED) is 0.645. The average Bonchev–Trinajstić information content (AvgIpc) is 2.95. The molecule has 1 aromatic carbocycles. The molecular weight excluding hydrogens is 342 g/mol. The second-order valence-electron chi connectivity index (χ2n) is 5.29. The maximum absolute atomic E-state index is 11.8. The summed E-state index contributed by atoms with van der Waals surface area (Å²) in [4.78, 5) is 34.3. The lowest BCUT2D eigenvalue weighted by molar-refractivity contribution is 0.0696. The summed E-state index contributed by atoms with van der Waals surface area (Å²) in [6.45, 7) is 1.69. The molecule has 2 aromatic heterocycles. The molecule has 0 atom stereocenters. The van der Waals surface area contributed by atoms with Crippen LogP contribution in [-0.2, 0) is 0 Å². The van der Waals surface area contributed by atoms with Crippen LogP contribution in [0.5, 0.6) is 23.5 Å². The molecule has 26 heavy (non-hydrogen) atoms. The van der Waals surface area contributed by atoms with Gasteiger partial charge in [0.1, 0.15) is 11.3 Å². The molecule has 0 radical (unpaired) electrons. The average molecular weight is 357 g/mol. The monoisotopic (exact) mass is 357 g/mol. The molecule has 3 rings (SSSR count). The lowest BCUT2D eigenvalue weighted by atomic mass is 10.0. The Bertz CT molecular complexity index is 989. The van der Waals surface area contributed by atoms with Crippen molar-refractivity contribution in [3.05, 3.63) is 35.0 Å². The van der Waals surface area contributed by atoms with Crippen LogP contribution in [0.2, 0.25) is 0 Å². The Morgan fingerprint density at radius 1 is 1.19 bits per heavy atom. The maximum atomic E-state index is 11.8. The molecule has 0 saturated heterocycles. The predicted molar refractivity (Wildman–Crippen MR) is 90.6 cm³/mol. The fourth-order valence-electron chi connectivity index (χ4n) is 2.61. The highest BCUT2D eigenvalue weighted by molar-refractivity contribution is 6.12. The number of carboxylic acids is 1. The minimum Gasteiger partial charge on any atom is -0.481 e. The van der Waals surface area contributed by atoms with E-state index in [2.05, 4.69) is 15.0 Å². The van der Waals surface area contributed by atoms with Crippen LogP contribution in [0.1, 0.15) is 26.4 Å². The number of hydrogen-bond donors (Lipinski definition) is 2. The van der Waals surface area contributed by atoms with E-state index >= 15 is 0 Å². The van der Waals surface area contributed by atoms with Crippen LogP contribution in [0.3, 0.4) is 0 Å².